The smallest absolute Gasteiger partial charge is 0.161 e. The van der Waals surface area contributed by atoms with Gasteiger partial charge < -0.3 is 19.9 Å². The van der Waals surface area contributed by atoms with Crippen LogP contribution in [0.3, 0.4) is 0 Å². The van der Waals surface area contributed by atoms with E-state index in [0.29, 0.717) is 10.7 Å². The van der Waals surface area contributed by atoms with Gasteiger partial charge in [0.25, 0.3) is 0 Å². The maximum Gasteiger partial charge on any atom is 0.161 e. The molecule has 1 saturated carbocycles. The highest BCUT2D eigenvalue weighted by molar-refractivity contribution is 7.80. The molecule has 0 aliphatic heterocycles. The Labute approximate surface area is 125 Å². The lowest BCUT2D eigenvalue weighted by Crippen LogP contribution is -2.29. The minimum atomic E-state index is 0.165. The zero-order valence-corrected chi connectivity index (χ0v) is 12.7. The summed E-state index contributed by atoms with van der Waals surface area (Å²) in [6, 6.07) is 5.54. The average Bonchev–Trinajstić information content (AvgIpc) is 2.47. The van der Waals surface area contributed by atoms with Gasteiger partial charge in [-0.2, -0.15) is 0 Å². The standard InChI is InChI=1S/C15H21NO3S/c1-17-11-4-3-5-12(9-11)19-13-7-6-10(15(16)20)8-14(13)18-2/h6-8,11-12H,3-5,9H2,1-2H3,(H2,16,20). The number of nitrogens with two attached hydrogens (primary N) is 1. The molecule has 0 saturated heterocycles. The van der Waals surface area contributed by atoms with Crippen LogP contribution in [0.2, 0.25) is 0 Å². The van der Waals surface area contributed by atoms with Crippen LogP contribution in [0, 0.1) is 0 Å². The molecule has 1 aliphatic rings. The Morgan fingerprint density at radius 3 is 2.60 bits per heavy atom. The van der Waals surface area contributed by atoms with Crippen molar-refractivity contribution in [1.29, 1.82) is 0 Å². The van der Waals surface area contributed by atoms with Crippen LogP contribution < -0.4 is 15.2 Å². The summed E-state index contributed by atoms with van der Waals surface area (Å²) in [5.41, 5.74) is 6.41. The lowest BCUT2D eigenvalue weighted by atomic mass is 9.95. The van der Waals surface area contributed by atoms with Gasteiger partial charge in [0.1, 0.15) is 11.1 Å². The summed E-state index contributed by atoms with van der Waals surface area (Å²) in [4.78, 5) is 0.354. The van der Waals surface area contributed by atoms with Crippen molar-refractivity contribution >= 4 is 17.2 Å². The van der Waals surface area contributed by atoms with Crippen LogP contribution in [0.25, 0.3) is 0 Å². The maximum absolute atomic E-state index is 6.06. The van der Waals surface area contributed by atoms with Crippen LogP contribution in [0.15, 0.2) is 18.2 Å². The largest absolute Gasteiger partial charge is 0.493 e. The van der Waals surface area contributed by atoms with Gasteiger partial charge in [-0.05, 0) is 37.5 Å². The quantitative estimate of drug-likeness (QED) is 0.846. The number of thiocarbonyl (C=S) groups is 1. The lowest BCUT2D eigenvalue weighted by Gasteiger charge is -2.29. The second kappa shape index (κ2) is 6.90. The molecule has 0 bridgehead atoms. The Morgan fingerprint density at radius 1 is 1.20 bits per heavy atom. The van der Waals surface area contributed by atoms with Crippen molar-refractivity contribution in [3.63, 3.8) is 0 Å². The third kappa shape index (κ3) is 3.61. The van der Waals surface area contributed by atoms with Gasteiger partial charge in [0, 0.05) is 19.1 Å². The van der Waals surface area contributed by atoms with Crippen LogP contribution in [0.1, 0.15) is 31.2 Å². The molecule has 2 rings (SSSR count). The highest BCUT2D eigenvalue weighted by atomic mass is 32.1. The second-order valence-electron chi connectivity index (χ2n) is 4.99. The minimum Gasteiger partial charge on any atom is -0.493 e. The number of hydrogen-bond donors (Lipinski definition) is 1. The molecule has 2 N–H and O–H groups in total. The van der Waals surface area contributed by atoms with E-state index < -0.39 is 0 Å². The Kier molecular flexibility index (Phi) is 5.20. The third-order valence-electron chi connectivity index (χ3n) is 3.65. The van der Waals surface area contributed by atoms with Crippen LogP contribution in [0.4, 0.5) is 0 Å². The van der Waals surface area contributed by atoms with Crippen molar-refractivity contribution in [3.8, 4) is 11.5 Å². The van der Waals surface area contributed by atoms with E-state index in [1.54, 1.807) is 14.2 Å². The summed E-state index contributed by atoms with van der Waals surface area (Å²) < 4.78 is 16.8. The molecule has 0 heterocycles. The molecule has 0 amide bonds. The fraction of sp³-hybridized carbons (Fsp3) is 0.533. The van der Waals surface area contributed by atoms with Crippen LogP contribution >= 0.6 is 12.2 Å². The molecule has 0 radical (unpaired) electrons. The highest BCUT2D eigenvalue weighted by Crippen LogP contribution is 2.32. The van der Waals surface area contributed by atoms with E-state index in [4.69, 9.17) is 32.2 Å². The minimum absolute atomic E-state index is 0.165. The molecule has 1 aliphatic carbocycles. The average molecular weight is 295 g/mol. The van der Waals surface area contributed by atoms with Gasteiger partial charge in [-0.15, -0.1) is 0 Å². The molecule has 2 unspecified atom stereocenters. The molecule has 5 heteroatoms. The number of ether oxygens (including phenoxy) is 3. The normalized spacial score (nSPS) is 22.3. The van der Waals surface area contributed by atoms with E-state index in [1.807, 2.05) is 18.2 Å². The zero-order chi connectivity index (χ0) is 14.5. The van der Waals surface area contributed by atoms with Crippen molar-refractivity contribution in [2.75, 3.05) is 14.2 Å². The van der Waals surface area contributed by atoms with Gasteiger partial charge in [-0.3, -0.25) is 0 Å². The summed E-state index contributed by atoms with van der Waals surface area (Å²) in [6.07, 6.45) is 4.63. The maximum atomic E-state index is 6.06. The Balaban J connectivity index is 2.10. The van der Waals surface area contributed by atoms with Crippen LogP contribution in [0.5, 0.6) is 11.5 Å². The molecule has 110 valence electrons. The van der Waals surface area contributed by atoms with Crippen molar-refractivity contribution in [3.05, 3.63) is 23.8 Å². The van der Waals surface area contributed by atoms with E-state index in [-0.39, 0.29) is 12.2 Å². The first kappa shape index (κ1) is 15.1. The van der Waals surface area contributed by atoms with Gasteiger partial charge >= 0.3 is 0 Å². The molecule has 0 aromatic heterocycles. The van der Waals surface area contributed by atoms with E-state index in [2.05, 4.69) is 0 Å². The lowest BCUT2D eigenvalue weighted by molar-refractivity contribution is 0.0202. The van der Waals surface area contributed by atoms with Gasteiger partial charge in [-0.25, -0.2) is 0 Å². The summed E-state index contributed by atoms with van der Waals surface area (Å²) in [6.45, 7) is 0. The number of hydrogen-bond acceptors (Lipinski definition) is 4. The summed E-state index contributed by atoms with van der Waals surface area (Å²) in [7, 11) is 3.37. The number of rotatable bonds is 5. The number of methoxy groups -OCH3 is 2. The van der Waals surface area contributed by atoms with Crippen molar-refractivity contribution in [2.24, 2.45) is 5.73 Å². The van der Waals surface area contributed by atoms with E-state index in [0.717, 1.165) is 37.0 Å². The highest BCUT2D eigenvalue weighted by Gasteiger charge is 2.24. The Hall–Kier alpha value is -1.33. The predicted molar refractivity (Wildman–Crippen MR) is 82.6 cm³/mol. The summed E-state index contributed by atoms with van der Waals surface area (Å²) in [5, 5.41) is 0. The van der Waals surface area contributed by atoms with Gasteiger partial charge in [0.15, 0.2) is 11.5 Å². The third-order valence-corrected chi connectivity index (χ3v) is 3.89. The predicted octanol–water partition coefficient (Wildman–Crippen LogP) is 2.67. The first-order chi connectivity index (χ1) is 9.63. The molecule has 4 nitrogen and oxygen atoms in total. The molecule has 2 atom stereocenters. The van der Waals surface area contributed by atoms with Crippen molar-refractivity contribution < 1.29 is 14.2 Å². The molecule has 0 spiro atoms. The van der Waals surface area contributed by atoms with Crippen molar-refractivity contribution in [1.82, 2.24) is 0 Å². The molecule has 1 aromatic rings. The van der Waals surface area contributed by atoms with Gasteiger partial charge in [-0.1, -0.05) is 12.2 Å². The van der Waals surface area contributed by atoms with E-state index in [9.17, 15) is 0 Å². The first-order valence-electron chi connectivity index (χ1n) is 6.81. The van der Waals surface area contributed by atoms with E-state index >= 15 is 0 Å². The molecular formula is C15H21NO3S. The molecule has 1 fully saturated rings. The Bertz CT molecular complexity index is 478. The molecule has 1 aromatic carbocycles. The second-order valence-corrected chi connectivity index (χ2v) is 5.43. The van der Waals surface area contributed by atoms with Crippen molar-refractivity contribution in [2.45, 2.75) is 37.9 Å². The van der Waals surface area contributed by atoms with Gasteiger partial charge in [0.05, 0.1) is 13.2 Å². The zero-order valence-electron chi connectivity index (χ0n) is 11.9. The first-order valence-corrected chi connectivity index (χ1v) is 7.22. The molecule has 20 heavy (non-hydrogen) atoms. The summed E-state index contributed by atoms with van der Waals surface area (Å²) >= 11 is 4.97. The topological polar surface area (TPSA) is 53.7 Å². The Morgan fingerprint density at radius 2 is 1.95 bits per heavy atom. The van der Waals surface area contributed by atoms with Crippen LogP contribution in [-0.2, 0) is 4.74 Å². The van der Waals surface area contributed by atoms with Crippen LogP contribution in [-0.4, -0.2) is 31.4 Å². The monoisotopic (exact) mass is 295 g/mol. The number of benzene rings is 1. The van der Waals surface area contributed by atoms with Gasteiger partial charge in [0.2, 0.25) is 0 Å². The molecular weight excluding hydrogens is 274 g/mol. The van der Waals surface area contributed by atoms with E-state index in [1.165, 1.54) is 0 Å². The fourth-order valence-electron chi connectivity index (χ4n) is 2.52. The SMILES string of the molecule is COc1cc(C(N)=S)ccc1OC1CCCC(OC)C1. The fourth-order valence-corrected chi connectivity index (χ4v) is 2.65. The summed E-state index contributed by atoms with van der Waals surface area (Å²) in [5.74, 6) is 1.39.